The Morgan fingerprint density at radius 2 is 1.71 bits per heavy atom. The van der Waals surface area contributed by atoms with Crippen LogP contribution in [0.2, 0.25) is 0 Å². The molecule has 0 aliphatic rings. The molecule has 1 aromatic heterocycles. The Morgan fingerprint density at radius 1 is 1.10 bits per heavy atom. The third-order valence-electron chi connectivity index (χ3n) is 3.00. The number of carbonyl (C=O) groups excluding carboxylic acids is 1. The van der Waals surface area contributed by atoms with Crippen LogP contribution in [0, 0.1) is 0 Å². The van der Waals surface area contributed by atoms with E-state index in [9.17, 15) is 13.2 Å². The van der Waals surface area contributed by atoms with Crippen LogP contribution in [-0.2, 0) is 9.84 Å². The van der Waals surface area contributed by atoms with Crippen LogP contribution in [0.4, 0.5) is 0 Å². The van der Waals surface area contributed by atoms with E-state index in [1.807, 2.05) is 0 Å². The predicted molar refractivity (Wildman–Crippen MR) is 80.8 cm³/mol. The van der Waals surface area contributed by atoms with Crippen molar-refractivity contribution in [2.24, 2.45) is 0 Å². The maximum absolute atomic E-state index is 12.2. The molecule has 0 saturated heterocycles. The van der Waals surface area contributed by atoms with E-state index in [1.165, 1.54) is 17.0 Å². The second kappa shape index (κ2) is 5.65. The molecule has 0 atom stereocenters. The quantitative estimate of drug-likeness (QED) is 0.868. The number of rotatable bonds is 3. The van der Waals surface area contributed by atoms with Crippen LogP contribution >= 0.6 is 0 Å². The zero-order valence-corrected chi connectivity index (χ0v) is 12.9. The molecule has 21 heavy (non-hydrogen) atoms. The summed E-state index contributed by atoms with van der Waals surface area (Å²) in [6, 6.07) is 9.75. The minimum atomic E-state index is -3.24. The molecular formula is C15H16N2O3S. The van der Waals surface area contributed by atoms with Crippen LogP contribution in [0.25, 0.3) is 11.3 Å². The third kappa shape index (κ3) is 3.28. The molecule has 0 spiro atoms. The Morgan fingerprint density at radius 3 is 2.24 bits per heavy atom. The summed E-state index contributed by atoms with van der Waals surface area (Å²) in [5.74, 6) is -0.148. The van der Waals surface area contributed by atoms with Gasteiger partial charge in [-0.05, 0) is 24.3 Å². The lowest BCUT2D eigenvalue weighted by molar-refractivity contribution is 0.0828. The summed E-state index contributed by atoms with van der Waals surface area (Å²) in [7, 11) is 0.108. The highest BCUT2D eigenvalue weighted by molar-refractivity contribution is 7.90. The van der Waals surface area contributed by atoms with Gasteiger partial charge in [0.2, 0.25) is 0 Å². The topological polar surface area (TPSA) is 67.3 Å². The lowest BCUT2D eigenvalue weighted by Crippen LogP contribution is -2.22. The number of nitrogens with zero attached hydrogens (tertiary/aromatic N) is 2. The number of pyridine rings is 1. The van der Waals surface area contributed by atoms with Gasteiger partial charge in [-0.15, -0.1) is 0 Å². The molecule has 2 aromatic rings. The van der Waals surface area contributed by atoms with Gasteiger partial charge in [0, 0.05) is 32.1 Å². The normalized spacial score (nSPS) is 11.2. The fourth-order valence-electron chi connectivity index (χ4n) is 1.91. The van der Waals surface area contributed by atoms with Gasteiger partial charge >= 0.3 is 0 Å². The van der Waals surface area contributed by atoms with E-state index >= 15 is 0 Å². The average Bonchev–Trinajstić information content (AvgIpc) is 2.45. The fraction of sp³-hybridized carbons (Fsp3) is 0.200. The second-order valence-electron chi connectivity index (χ2n) is 4.90. The first kappa shape index (κ1) is 15.2. The Kier molecular flexibility index (Phi) is 4.09. The van der Waals surface area contributed by atoms with Crippen molar-refractivity contribution in [2.75, 3.05) is 20.4 Å². The molecule has 0 fully saturated rings. The maximum Gasteiger partial charge on any atom is 0.255 e. The van der Waals surface area contributed by atoms with Crippen LogP contribution in [0.1, 0.15) is 10.4 Å². The Bertz CT molecular complexity index is 766. The van der Waals surface area contributed by atoms with Gasteiger partial charge in [-0.25, -0.2) is 8.42 Å². The molecule has 0 radical (unpaired) electrons. The highest BCUT2D eigenvalue weighted by Crippen LogP contribution is 2.23. The fourth-order valence-corrected chi connectivity index (χ4v) is 2.54. The minimum Gasteiger partial charge on any atom is -0.345 e. The molecule has 1 amide bonds. The molecule has 0 aliphatic heterocycles. The average molecular weight is 304 g/mol. The highest BCUT2D eigenvalue weighted by Gasteiger charge is 2.16. The first-order valence-corrected chi connectivity index (χ1v) is 8.17. The molecule has 0 N–H and O–H groups in total. The SMILES string of the molecule is CN(C)C(=O)c1cccnc1-c1ccc(S(C)(=O)=O)cc1. The number of sulfone groups is 1. The molecule has 0 unspecified atom stereocenters. The summed E-state index contributed by atoms with van der Waals surface area (Å²) in [5.41, 5.74) is 1.72. The first-order valence-electron chi connectivity index (χ1n) is 6.28. The van der Waals surface area contributed by atoms with Crippen molar-refractivity contribution in [3.05, 3.63) is 48.2 Å². The maximum atomic E-state index is 12.2. The number of amides is 1. The number of hydrogen-bond donors (Lipinski definition) is 0. The Balaban J connectivity index is 2.50. The van der Waals surface area contributed by atoms with E-state index in [4.69, 9.17) is 0 Å². The lowest BCUT2D eigenvalue weighted by atomic mass is 10.1. The minimum absolute atomic E-state index is 0.148. The van der Waals surface area contributed by atoms with Crippen molar-refractivity contribution in [3.63, 3.8) is 0 Å². The zero-order valence-electron chi connectivity index (χ0n) is 12.1. The smallest absolute Gasteiger partial charge is 0.255 e. The van der Waals surface area contributed by atoms with Gasteiger partial charge in [-0.3, -0.25) is 9.78 Å². The lowest BCUT2D eigenvalue weighted by Gasteiger charge is -2.13. The van der Waals surface area contributed by atoms with E-state index in [-0.39, 0.29) is 10.8 Å². The van der Waals surface area contributed by atoms with Crippen molar-refractivity contribution in [3.8, 4) is 11.3 Å². The zero-order chi connectivity index (χ0) is 15.6. The molecule has 0 aliphatic carbocycles. The van der Waals surface area contributed by atoms with Crippen LogP contribution < -0.4 is 0 Å². The molecule has 5 nitrogen and oxygen atoms in total. The van der Waals surface area contributed by atoms with Gasteiger partial charge < -0.3 is 4.90 Å². The first-order chi connectivity index (χ1) is 9.80. The Hall–Kier alpha value is -2.21. The summed E-state index contributed by atoms with van der Waals surface area (Å²) in [4.78, 5) is 18.1. The van der Waals surface area contributed by atoms with Gasteiger partial charge in [0.05, 0.1) is 16.2 Å². The predicted octanol–water partition coefficient (Wildman–Crippen LogP) is 1.85. The molecule has 6 heteroatoms. The number of aromatic nitrogens is 1. The monoisotopic (exact) mass is 304 g/mol. The van der Waals surface area contributed by atoms with E-state index in [0.717, 1.165) is 6.26 Å². The van der Waals surface area contributed by atoms with Crippen LogP contribution in [0.5, 0.6) is 0 Å². The van der Waals surface area contributed by atoms with Crippen LogP contribution in [-0.4, -0.2) is 44.6 Å². The van der Waals surface area contributed by atoms with Crippen molar-refractivity contribution in [1.29, 1.82) is 0 Å². The summed E-state index contributed by atoms with van der Waals surface area (Å²) < 4.78 is 22.9. The van der Waals surface area contributed by atoms with Gasteiger partial charge in [0.1, 0.15) is 0 Å². The van der Waals surface area contributed by atoms with Gasteiger partial charge in [-0.1, -0.05) is 12.1 Å². The number of hydrogen-bond acceptors (Lipinski definition) is 4. The largest absolute Gasteiger partial charge is 0.345 e. The van der Waals surface area contributed by atoms with Crippen LogP contribution in [0.15, 0.2) is 47.5 Å². The Labute approximate surface area is 124 Å². The van der Waals surface area contributed by atoms with Crippen molar-refractivity contribution in [2.45, 2.75) is 4.90 Å². The van der Waals surface area contributed by atoms with Gasteiger partial charge in [-0.2, -0.15) is 0 Å². The summed E-state index contributed by atoms with van der Waals surface area (Å²) in [6.07, 6.45) is 2.76. The van der Waals surface area contributed by atoms with E-state index in [2.05, 4.69) is 4.98 Å². The number of carbonyl (C=O) groups is 1. The summed E-state index contributed by atoms with van der Waals surface area (Å²) in [5, 5.41) is 0. The second-order valence-corrected chi connectivity index (χ2v) is 6.91. The molecule has 2 rings (SSSR count). The third-order valence-corrected chi connectivity index (χ3v) is 4.13. The summed E-state index contributed by atoms with van der Waals surface area (Å²) >= 11 is 0. The molecule has 110 valence electrons. The van der Waals surface area contributed by atoms with Gasteiger partial charge in [0.15, 0.2) is 9.84 Å². The standard InChI is InChI=1S/C15H16N2O3S/c1-17(2)15(18)13-5-4-10-16-14(13)11-6-8-12(9-7-11)21(3,19)20/h4-10H,1-3H3. The van der Waals surface area contributed by atoms with Crippen LogP contribution in [0.3, 0.4) is 0 Å². The van der Waals surface area contributed by atoms with Gasteiger partial charge in [0.25, 0.3) is 5.91 Å². The van der Waals surface area contributed by atoms with Crippen molar-refractivity contribution < 1.29 is 13.2 Å². The molecule has 0 saturated carbocycles. The highest BCUT2D eigenvalue weighted by atomic mass is 32.2. The number of benzene rings is 1. The summed E-state index contributed by atoms with van der Waals surface area (Å²) in [6.45, 7) is 0. The van der Waals surface area contributed by atoms with Crippen molar-refractivity contribution in [1.82, 2.24) is 9.88 Å². The van der Waals surface area contributed by atoms with E-state index < -0.39 is 9.84 Å². The van der Waals surface area contributed by atoms with Crippen molar-refractivity contribution >= 4 is 15.7 Å². The van der Waals surface area contributed by atoms with E-state index in [0.29, 0.717) is 16.8 Å². The molecule has 0 bridgehead atoms. The molecular weight excluding hydrogens is 288 g/mol. The molecule has 1 heterocycles. The molecule has 1 aromatic carbocycles. The van der Waals surface area contributed by atoms with E-state index in [1.54, 1.807) is 44.6 Å².